The molecule has 0 bridgehead atoms. The molecule has 3 rings (SSSR count). The third-order valence-corrected chi connectivity index (χ3v) is 6.80. The zero-order valence-corrected chi connectivity index (χ0v) is 16.9. The molecule has 27 heavy (non-hydrogen) atoms. The van der Waals surface area contributed by atoms with Gasteiger partial charge in [0.25, 0.3) is 5.91 Å². The van der Waals surface area contributed by atoms with E-state index in [0.29, 0.717) is 25.2 Å². The summed E-state index contributed by atoms with van der Waals surface area (Å²) in [4.78, 5) is 14.9. The Labute approximate surface area is 161 Å². The van der Waals surface area contributed by atoms with Crippen LogP contribution in [-0.2, 0) is 10.0 Å². The standard InChI is InChI=1S/C21H26N2O3S/c1-4-23(19-14-16(2)13-17(3)15-19)21(24)18-7-9-20(10-8-18)27(25,26)22-11-5-6-12-22/h7-10,13-15H,4-6,11-12H2,1-3H3. The second-order valence-electron chi connectivity index (χ2n) is 7.03. The van der Waals surface area contributed by atoms with Gasteiger partial charge in [-0.15, -0.1) is 0 Å². The topological polar surface area (TPSA) is 57.7 Å². The average Bonchev–Trinajstić information content (AvgIpc) is 3.17. The fourth-order valence-corrected chi connectivity index (χ4v) is 5.07. The molecular weight excluding hydrogens is 360 g/mol. The maximum absolute atomic E-state index is 13.0. The van der Waals surface area contributed by atoms with Crippen LogP contribution >= 0.6 is 0 Å². The van der Waals surface area contributed by atoms with Crippen molar-refractivity contribution < 1.29 is 13.2 Å². The van der Waals surface area contributed by atoms with Gasteiger partial charge >= 0.3 is 0 Å². The van der Waals surface area contributed by atoms with E-state index < -0.39 is 10.0 Å². The van der Waals surface area contributed by atoms with Crippen LogP contribution in [0.25, 0.3) is 0 Å². The van der Waals surface area contributed by atoms with Crippen LogP contribution in [0.3, 0.4) is 0 Å². The predicted octanol–water partition coefficient (Wildman–Crippen LogP) is 3.75. The largest absolute Gasteiger partial charge is 0.309 e. The van der Waals surface area contributed by atoms with Gasteiger partial charge in [-0.25, -0.2) is 8.42 Å². The number of benzene rings is 2. The van der Waals surface area contributed by atoms with Crippen LogP contribution in [0.1, 0.15) is 41.3 Å². The minimum atomic E-state index is -3.46. The zero-order chi connectivity index (χ0) is 19.6. The molecule has 0 radical (unpaired) electrons. The fourth-order valence-electron chi connectivity index (χ4n) is 3.55. The van der Waals surface area contributed by atoms with E-state index in [1.54, 1.807) is 17.0 Å². The quantitative estimate of drug-likeness (QED) is 0.786. The Bertz CT molecular complexity index is 910. The lowest BCUT2D eigenvalue weighted by Crippen LogP contribution is -2.31. The molecule has 1 amide bonds. The molecular formula is C21H26N2O3S. The van der Waals surface area contributed by atoms with Gasteiger partial charge in [-0.2, -0.15) is 4.31 Å². The van der Waals surface area contributed by atoms with Crippen LogP contribution in [0.15, 0.2) is 47.4 Å². The molecule has 1 heterocycles. The van der Waals surface area contributed by atoms with Crippen LogP contribution in [0, 0.1) is 13.8 Å². The third kappa shape index (κ3) is 4.06. The third-order valence-electron chi connectivity index (χ3n) is 4.88. The molecule has 1 aliphatic heterocycles. The summed E-state index contributed by atoms with van der Waals surface area (Å²) in [7, 11) is -3.46. The van der Waals surface area contributed by atoms with Gasteiger partial charge < -0.3 is 4.90 Å². The van der Waals surface area contributed by atoms with Gasteiger partial charge in [0, 0.05) is 30.9 Å². The number of sulfonamides is 1. The van der Waals surface area contributed by atoms with E-state index in [0.717, 1.165) is 29.7 Å². The number of anilines is 1. The molecule has 1 aliphatic rings. The van der Waals surface area contributed by atoms with Gasteiger partial charge in [0.1, 0.15) is 0 Å². The highest BCUT2D eigenvalue weighted by atomic mass is 32.2. The maximum atomic E-state index is 13.0. The molecule has 1 saturated heterocycles. The predicted molar refractivity (Wildman–Crippen MR) is 108 cm³/mol. The van der Waals surface area contributed by atoms with Crippen molar-refractivity contribution >= 4 is 21.6 Å². The first-order chi connectivity index (χ1) is 12.8. The summed E-state index contributed by atoms with van der Waals surface area (Å²) in [6.45, 7) is 7.62. The van der Waals surface area contributed by atoms with Crippen LogP contribution in [0.5, 0.6) is 0 Å². The van der Waals surface area contributed by atoms with Crippen molar-refractivity contribution in [1.82, 2.24) is 4.31 Å². The van der Waals surface area contributed by atoms with Crippen molar-refractivity contribution in [2.75, 3.05) is 24.5 Å². The number of aryl methyl sites for hydroxylation is 2. The molecule has 0 N–H and O–H groups in total. The van der Waals surface area contributed by atoms with E-state index >= 15 is 0 Å². The van der Waals surface area contributed by atoms with Crippen molar-refractivity contribution in [2.45, 2.75) is 38.5 Å². The van der Waals surface area contributed by atoms with Crippen LogP contribution < -0.4 is 4.90 Å². The molecule has 0 atom stereocenters. The van der Waals surface area contributed by atoms with E-state index in [1.807, 2.05) is 32.9 Å². The number of carbonyl (C=O) groups is 1. The number of nitrogens with zero attached hydrogens (tertiary/aromatic N) is 2. The number of amides is 1. The number of carbonyl (C=O) groups excluding carboxylic acids is 1. The van der Waals surface area contributed by atoms with Crippen molar-refractivity contribution in [2.24, 2.45) is 0 Å². The monoisotopic (exact) mass is 386 g/mol. The van der Waals surface area contributed by atoms with Crippen LogP contribution in [0.4, 0.5) is 5.69 Å². The van der Waals surface area contributed by atoms with E-state index in [9.17, 15) is 13.2 Å². The highest BCUT2D eigenvalue weighted by molar-refractivity contribution is 7.89. The molecule has 0 unspecified atom stereocenters. The summed E-state index contributed by atoms with van der Waals surface area (Å²) in [5.41, 5.74) is 3.54. The van der Waals surface area contributed by atoms with E-state index in [4.69, 9.17) is 0 Å². The van der Waals surface area contributed by atoms with Crippen molar-refractivity contribution in [3.05, 3.63) is 59.2 Å². The molecule has 2 aromatic carbocycles. The highest BCUT2D eigenvalue weighted by Crippen LogP contribution is 2.24. The van der Waals surface area contributed by atoms with Crippen molar-refractivity contribution in [3.8, 4) is 0 Å². The van der Waals surface area contributed by atoms with Crippen LogP contribution in [0.2, 0.25) is 0 Å². The van der Waals surface area contributed by atoms with Gasteiger partial charge in [-0.05, 0) is 81.1 Å². The minimum absolute atomic E-state index is 0.132. The first-order valence-corrected chi connectivity index (χ1v) is 10.8. The van der Waals surface area contributed by atoms with E-state index in [2.05, 4.69) is 6.07 Å². The highest BCUT2D eigenvalue weighted by Gasteiger charge is 2.27. The molecule has 0 aliphatic carbocycles. The van der Waals surface area contributed by atoms with Gasteiger partial charge in [-0.3, -0.25) is 4.79 Å². The van der Waals surface area contributed by atoms with Gasteiger partial charge in [0.15, 0.2) is 0 Å². The van der Waals surface area contributed by atoms with Crippen LogP contribution in [-0.4, -0.2) is 38.3 Å². The summed E-state index contributed by atoms with van der Waals surface area (Å²) in [6, 6.07) is 12.3. The Kier molecular flexibility index (Phi) is 5.67. The molecule has 0 spiro atoms. The average molecular weight is 387 g/mol. The Balaban J connectivity index is 1.86. The summed E-state index contributed by atoms with van der Waals surface area (Å²) in [6.07, 6.45) is 1.80. The van der Waals surface area contributed by atoms with Gasteiger partial charge in [0.2, 0.25) is 10.0 Å². The minimum Gasteiger partial charge on any atom is -0.309 e. The van der Waals surface area contributed by atoms with Crippen molar-refractivity contribution in [3.63, 3.8) is 0 Å². The zero-order valence-electron chi connectivity index (χ0n) is 16.1. The van der Waals surface area contributed by atoms with E-state index in [1.165, 1.54) is 16.4 Å². The normalized spacial score (nSPS) is 15.1. The van der Waals surface area contributed by atoms with Gasteiger partial charge in [-0.1, -0.05) is 6.07 Å². The second kappa shape index (κ2) is 7.82. The Morgan fingerprint density at radius 2 is 1.56 bits per heavy atom. The van der Waals surface area contributed by atoms with Crippen molar-refractivity contribution in [1.29, 1.82) is 0 Å². The second-order valence-corrected chi connectivity index (χ2v) is 8.97. The molecule has 2 aromatic rings. The first-order valence-electron chi connectivity index (χ1n) is 9.33. The summed E-state index contributed by atoms with van der Waals surface area (Å²) < 4.78 is 26.8. The Morgan fingerprint density at radius 3 is 2.07 bits per heavy atom. The lowest BCUT2D eigenvalue weighted by atomic mass is 10.1. The SMILES string of the molecule is CCN(C(=O)c1ccc(S(=O)(=O)N2CCCC2)cc1)c1cc(C)cc(C)c1. The maximum Gasteiger partial charge on any atom is 0.258 e. The lowest BCUT2D eigenvalue weighted by Gasteiger charge is -2.22. The Morgan fingerprint density at radius 1 is 1.00 bits per heavy atom. The summed E-state index contributed by atoms with van der Waals surface area (Å²) in [5, 5.41) is 0. The number of rotatable bonds is 5. The summed E-state index contributed by atoms with van der Waals surface area (Å²) >= 11 is 0. The molecule has 0 saturated carbocycles. The molecule has 144 valence electrons. The van der Waals surface area contributed by atoms with E-state index in [-0.39, 0.29) is 10.8 Å². The molecule has 5 nitrogen and oxygen atoms in total. The number of hydrogen-bond donors (Lipinski definition) is 0. The molecule has 1 fully saturated rings. The summed E-state index contributed by atoms with van der Waals surface area (Å²) in [5.74, 6) is -0.132. The first kappa shape index (κ1) is 19.6. The Hall–Kier alpha value is -2.18. The lowest BCUT2D eigenvalue weighted by molar-refractivity contribution is 0.0988. The molecule has 6 heteroatoms. The fraction of sp³-hybridized carbons (Fsp3) is 0.381. The molecule has 0 aromatic heterocycles. The smallest absolute Gasteiger partial charge is 0.258 e. The van der Waals surface area contributed by atoms with Gasteiger partial charge in [0.05, 0.1) is 4.90 Å². The number of hydrogen-bond acceptors (Lipinski definition) is 3.